The molecule has 1 aliphatic rings. The first-order valence-corrected chi connectivity index (χ1v) is 6.19. The summed E-state index contributed by atoms with van der Waals surface area (Å²) in [5.41, 5.74) is 0.951. The van der Waals surface area contributed by atoms with E-state index >= 15 is 0 Å². The van der Waals surface area contributed by atoms with E-state index in [2.05, 4.69) is 4.99 Å². The molecule has 0 saturated carbocycles. The SMILES string of the molecule is Cc1c(Cl)cc(N=C2C(=O)N(C)N(C)C2=O)cc1Cl. The number of carbonyl (C=O) groups is 2. The summed E-state index contributed by atoms with van der Waals surface area (Å²) < 4.78 is 0. The summed E-state index contributed by atoms with van der Waals surface area (Å²) in [6.07, 6.45) is 0. The van der Waals surface area contributed by atoms with Crippen molar-refractivity contribution < 1.29 is 9.59 Å². The van der Waals surface area contributed by atoms with E-state index in [1.54, 1.807) is 19.1 Å². The van der Waals surface area contributed by atoms with Gasteiger partial charge in [0.05, 0.1) is 5.69 Å². The van der Waals surface area contributed by atoms with E-state index in [0.29, 0.717) is 15.7 Å². The van der Waals surface area contributed by atoms with E-state index in [1.165, 1.54) is 24.1 Å². The molecule has 0 aliphatic carbocycles. The summed E-state index contributed by atoms with van der Waals surface area (Å²) in [4.78, 5) is 27.7. The molecule has 100 valence electrons. The van der Waals surface area contributed by atoms with Gasteiger partial charge < -0.3 is 0 Å². The van der Waals surface area contributed by atoms with E-state index in [9.17, 15) is 9.59 Å². The highest BCUT2D eigenvalue weighted by molar-refractivity contribution is 6.67. The number of benzene rings is 1. The first-order chi connectivity index (χ1) is 8.82. The normalized spacial score (nSPS) is 15.5. The van der Waals surface area contributed by atoms with Crippen LogP contribution in [0.3, 0.4) is 0 Å². The smallest absolute Gasteiger partial charge is 0.265 e. The highest BCUT2D eigenvalue weighted by Crippen LogP contribution is 2.30. The van der Waals surface area contributed by atoms with Gasteiger partial charge in [-0.3, -0.25) is 9.59 Å². The number of halogens is 2. The molecule has 1 aromatic rings. The van der Waals surface area contributed by atoms with E-state index in [-0.39, 0.29) is 5.71 Å². The monoisotopic (exact) mass is 299 g/mol. The fraction of sp³-hybridized carbons (Fsp3) is 0.250. The lowest BCUT2D eigenvalue weighted by Crippen LogP contribution is -2.33. The molecule has 1 heterocycles. The van der Waals surface area contributed by atoms with Gasteiger partial charge in [-0.2, -0.15) is 0 Å². The first-order valence-electron chi connectivity index (χ1n) is 5.43. The summed E-state index contributed by atoms with van der Waals surface area (Å²) in [5, 5.41) is 3.26. The number of aliphatic imine (C=N–C) groups is 1. The van der Waals surface area contributed by atoms with Gasteiger partial charge in [0.25, 0.3) is 11.8 Å². The Morgan fingerprint density at radius 3 is 1.84 bits per heavy atom. The average molecular weight is 300 g/mol. The van der Waals surface area contributed by atoms with Crippen LogP contribution >= 0.6 is 23.2 Å². The number of carbonyl (C=O) groups excluding carboxylic acids is 2. The Kier molecular flexibility index (Phi) is 3.52. The van der Waals surface area contributed by atoms with E-state index in [4.69, 9.17) is 23.2 Å². The molecule has 2 rings (SSSR count). The van der Waals surface area contributed by atoms with Gasteiger partial charge in [-0.25, -0.2) is 15.0 Å². The van der Waals surface area contributed by atoms with Crippen LogP contribution in [0.25, 0.3) is 0 Å². The predicted octanol–water partition coefficient (Wildman–Crippen LogP) is 2.22. The summed E-state index contributed by atoms with van der Waals surface area (Å²) in [6, 6.07) is 3.13. The number of hydrogen-bond donors (Lipinski definition) is 0. The maximum atomic E-state index is 11.8. The van der Waals surface area contributed by atoms with E-state index in [0.717, 1.165) is 5.56 Å². The Hall–Kier alpha value is -1.59. The minimum absolute atomic E-state index is 0.152. The number of amides is 2. The fourth-order valence-corrected chi connectivity index (χ4v) is 2.07. The molecule has 1 aromatic carbocycles. The van der Waals surface area contributed by atoms with Crippen molar-refractivity contribution in [3.05, 3.63) is 27.7 Å². The largest absolute Gasteiger partial charge is 0.296 e. The van der Waals surface area contributed by atoms with Gasteiger partial charge in [0.2, 0.25) is 0 Å². The van der Waals surface area contributed by atoms with Crippen molar-refractivity contribution in [2.24, 2.45) is 4.99 Å². The van der Waals surface area contributed by atoms with Crippen LogP contribution in [0, 0.1) is 6.92 Å². The van der Waals surface area contributed by atoms with Gasteiger partial charge in [-0.15, -0.1) is 0 Å². The summed E-state index contributed by atoms with van der Waals surface area (Å²) >= 11 is 12.0. The molecule has 1 aliphatic heterocycles. The van der Waals surface area contributed by atoms with Gasteiger partial charge in [0, 0.05) is 24.1 Å². The van der Waals surface area contributed by atoms with Crippen LogP contribution in [0.2, 0.25) is 10.0 Å². The summed E-state index contributed by atoms with van der Waals surface area (Å²) in [5.74, 6) is -0.916. The van der Waals surface area contributed by atoms with E-state index in [1.807, 2.05) is 0 Å². The van der Waals surface area contributed by atoms with Crippen LogP contribution in [-0.2, 0) is 9.59 Å². The molecule has 0 N–H and O–H groups in total. The molecular weight excluding hydrogens is 289 g/mol. The van der Waals surface area contributed by atoms with Crippen molar-refractivity contribution in [1.82, 2.24) is 10.0 Å². The van der Waals surface area contributed by atoms with Crippen molar-refractivity contribution in [3.8, 4) is 0 Å². The van der Waals surface area contributed by atoms with Crippen molar-refractivity contribution in [2.75, 3.05) is 14.1 Å². The second-order valence-corrected chi connectivity index (χ2v) is 4.97. The van der Waals surface area contributed by atoms with Crippen molar-refractivity contribution in [2.45, 2.75) is 6.92 Å². The third-order valence-corrected chi connectivity index (χ3v) is 3.73. The molecule has 0 radical (unpaired) electrons. The van der Waals surface area contributed by atoms with Crippen LogP contribution in [0.5, 0.6) is 0 Å². The van der Waals surface area contributed by atoms with Crippen molar-refractivity contribution >= 4 is 46.4 Å². The Morgan fingerprint density at radius 2 is 1.42 bits per heavy atom. The molecule has 0 atom stereocenters. The van der Waals surface area contributed by atoms with Gasteiger partial charge in [-0.05, 0) is 24.6 Å². The van der Waals surface area contributed by atoms with Gasteiger partial charge in [-0.1, -0.05) is 23.2 Å². The molecule has 19 heavy (non-hydrogen) atoms. The minimum Gasteiger partial charge on any atom is -0.265 e. The minimum atomic E-state index is -0.458. The second-order valence-electron chi connectivity index (χ2n) is 4.15. The zero-order chi connectivity index (χ0) is 14.3. The highest BCUT2D eigenvalue weighted by Gasteiger charge is 2.38. The average Bonchev–Trinajstić information content (AvgIpc) is 2.54. The Bertz CT molecular complexity index is 568. The van der Waals surface area contributed by atoms with Crippen LogP contribution in [0.1, 0.15) is 5.56 Å². The Balaban J connectivity index is 2.48. The summed E-state index contributed by atoms with van der Waals surface area (Å²) in [7, 11) is 3.00. The number of nitrogens with zero attached hydrogens (tertiary/aromatic N) is 3. The molecule has 0 bridgehead atoms. The standard InChI is InChI=1S/C12H11Cl2N3O2/c1-6-8(13)4-7(5-9(6)14)15-10-11(18)16(2)17(3)12(10)19/h4-5H,1-3H3. The lowest BCUT2D eigenvalue weighted by Gasteiger charge is -2.16. The molecule has 5 nitrogen and oxygen atoms in total. The van der Waals surface area contributed by atoms with Crippen LogP contribution in [-0.4, -0.2) is 41.6 Å². The lowest BCUT2D eigenvalue weighted by molar-refractivity contribution is -0.141. The van der Waals surface area contributed by atoms with Gasteiger partial charge >= 0.3 is 0 Å². The predicted molar refractivity (Wildman–Crippen MR) is 73.8 cm³/mol. The van der Waals surface area contributed by atoms with Crippen LogP contribution < -0.4 is 0 Å². The lowest BCUT2D eigenvalue weighted by atomic mass is 10.2. The third-order valence-electron chi connectivity index (χ3n) is 2.95. The van der Waals surface area contributed by atoms with Crippen molar-refractivity contribution in [3.63, 3.8) is 0 Å². The zero-order valence-corrected chi connectivity index (χ0v) is 12.1. The van der Waals surface area contributed by atoms with Crippen LogP contribution in [0.4, 0.5) is 5.69 Å². The number of hydrogen-bond acceptors (Lipinski definition) is 3. The molecule has 7 heteroatoms. The van der Waals surface area contributed by atoms with E-state index < -0.39 is 11.8 Å². The first kappa shape index (κ1) is 13.8. The molecule has 0 unspecified atom stereocenters. The molecule has 1 fully saturated rings. The molecule has 0 spiro atoms. The second kappa shape index (κ2) is 4.83. The Morgan fingerprint density at radius 1 is 1.00 bits per heavy atom. The number of hydrazine groups is 1. The maximum absolute atomic E-state index is 11.8. The van der Waals surface area contributed by atoms with Gasteiger partial charge in [0.1, 0.15) is 0 Å². The van der Waals surface area contributed by atoms with Crippen molar-refractivity contribution in [1.29, 1.82) is 0 Å². The molecular formula is C12H11Cl2N3O2. The molecule has 0 aromatic heterocycles. The highest BCUT2D eigenvalue weighted by atomic mass is 35.5. The zero-order valence-electron chi connectivity index (χ0n) is 10.6. The summed E-state index contributed by atoms with van der Waals surface area (Å²) in [6.45, 7) is 1.77. The Labute approximate surface area is 120 Å². The molecule has 2 amide bonds. The topological polar surface area (TPSA) is 53.0 Å². The number of rotatable bonds is 1. The quantitative estimate of drug-likeness (QED) is 0.798. The fourth-order valence-electron chi connectivity index (χ4n) is 1.59. The maximum Gasteiger partial charge on any atom is 0.296 e. The van der Waals surface area contributed by atoms with Gasteiger partial charge in [0.15, 0.2) is 5.71 Å². The molecule has 1 saturated heterocycles. The van der Waals surface area contributed by atoms with Crippen LogP contribution in [0.15, 0.2) is 17.1 Å². The third kappa shape index (κ3) is 2.31.